The third-order valence-corrected chi connectivity index (χ3v) is 4.84. The maximum Gasteiger partial charge on any atom is 0.241 e. The molecule has 0 aliphatic heterocycles. The van der Waals surface area contributed by atoms with Crippen LogP contribution in [0.4, 0.5) is 0 Å². The van der Waals surface area contributed by atoms with Gasteiger partial charge in [-0.05, 0) is 37.6 Å². The van der Waals surface area contributed by atoms with Crippen molar-refractivity contribution in [2.75, 3.05) is 7.05 Å². The number of carbonyl (C=O) groups is 1. The van der Waals surface area contributed by atoms with Gasteiger partial charge < -0.3 is 11.1 Å². The Morgan fingerprint density at radius 1 is 1.14 bits per heavy atom. The van der Waals surface area contributed by atoms with Crippen LogP contribution in [0, 0.1) is 5.92 Å². The monoisotopic (exact) mass is 313 g/mol. The summed E-state index contributed by atoms with van der Waals surface area (Å²) in [6.45, 7) is 5.44. The van der Waals surface area contributed by atoms with Gasteiger partial charge in [0.25, 0.3) is 0 Å². The predicted octanol–water partition coefficient (Wildman–Crippen LogP) is 0.755. The first-order chi connectivity index (χ1) is 9.69. The maximum absolute atomic E-state index is 12.3. The van der Waals surface area contributed by atoms with E-state index >= 15 is 0 Å². The summed E-state index contributed by atoms with van der Waals surface area (Å²) in [5.41, 5.74) is 6.21. The van der Waals surface area contributed by atoms with E-state index in [0.717, 1.165) is 5.56 Å². The fraction of sp³-hybridized carbons (Fsp3) is 0.500. The van der Waals surface area contributed by atoms with E-state index in [1.807, 2.05) is 14.0 Å². The Morgan fingerprint density at radius 2 is 1.67 bits per heavy atom. The van der Waals surface area contributed by atoms with Crippen LogP contribution in [0.15, 0.2) is 29.2 Å². The molecule has 0 heterocycles. The average molecular weight is 313 g/mol. The van der Waals surface area contributed by atoms with E-state index in [2.05, 4.69) is 10.0 Å². The predicted molar refractivity (Wildman–Crippen MR) is 82.1 cm³/mol. The van der Waals surface area contributed by atoms with Crippen LogP contribution in [-0.2, 0) is 14.8 Å². The zero-order valence-corrected chi connectivity index (χ0v) is 13.6. The molecule has 21 heavy (non-hydrogen) atoms. The van der Waals surface area contributed by atoms with E-state index in [-0.39, 0.29) is 16.9 Å². The Kier molecular flexibility index (Phi) is 5.88. The number of hydrogen-bond acceptors (Lipinski definition) is 4. The number of carbonyl (C=O) groups excluding carboxylic acids is 1. The number of rotatable bonds is 7. The molecule has 0 aliphatic carbocycles. The number of nitrogens with one attached hydrogen (secondary N) is 2. The fourth-order valence-electron chi connectivity index (χ4n) is 1.86. The minimum absolute atomic E-state index is 0.112. The van der Waals surface area contributed by atoms with Gasteiger partial charge >= 0.3 is 0 Å². The minimum Gasteiger partial charge on any atom is -0.368 e. The van der Waals surface area contributed by atoms with Gasteiger partial charge in [-0.25, -0.2) is 8.42 Å². The molecule has 0 aromatic heterocycles. The number of sulfonamides is 1. The van der Waals surface area contributed by atoms with Crippen LogP contribution in [0.1, 0.15) is 32.4 Å². The largest absolute Gasteiger partial charge is 0.368 e. The molecule has 0 saturated heterocycles. The van der Waals surface area contributed by atoms with Gasteiger partial charge in [0.05, 0.1) is 4.90 Å². The Labute approximate surface area is 126 Å². The first-order valence-electron chi connectivity index (χ1n) is 6.78. The normalized spacial score (nSPS) is 14.9. The highest BCUT2D eigenvalue weighted by molar-refractivity contribution is 7.89. The van der Waals surface area contributed by atoms with Gasteiger partial charge in [-0.15, -0.1) is 0 Å². The molecule has 7 heteroatoms. The van der Waals surface area contributed by atoms with Gasteiger partial charge in [0.2, 0.25) is 15.9 Å². The zero-order chi connectivity index (χ0) is 16.2. The number of benzene rings is 1. The third kappa shape index (κ3) is 4.52. The highest BCUT2D eigenvalue weighted by Crippen LogP contribution is 2.17. The van der Waals surface area contributed by atoms with Crippen molar-refractivity contribution < 1.29 is 13.2 Å². The minimum atomic E-state index is -3.77. The molecule has 1 aromatic carbocycles. The van der Waals surface area contributed by atoms with Crippen molar-refractivity contribution in [1.82, 2.24) is 10.0 Å². The molecule has 118 valence electrons. The molecule has 1 aromatic rings. The lowest BCUT2D eigenvalue weighted by Gasteiger charge is -2.19. The summed E-state index contributed by atoms with van der Waals surface area (Å²) < 4.78 is 26.9. The summed E-state index contributed by atoms with van der Waals surface area (Å²) in [7, 11) is -1.94. The molecule has 1 rings (SSSR count). The average Bonchev–Trinajstić information content (AvgIpc) is 2.43. The summed E-state index contributed by atoms with van der Waals surface area (Å²) in [6.07, 6.45) is 0. The van der Waals surface area contributed by atoms with Gasteiger partial charge in [0, 0.05) is 6.04 Å². The summed E-state index contributed by atoms with van der Waals surface area (Å²) in [6, 6.07) is 5.72. The first kappa shape index (κ1) is 17.6. The Morgan fingerprint density at radius 3 is 2.05 bits per heavy atom. The van der Waals surface area contributed by atoms with E-state index in [1.165, 1.54) is 12.1 Å². The van der Waals surface area contributed by atoms with Gasteiger partial charge in [-0.3, -0.25) is 4.79 Å². The molecule has 6 nitrogen and oxygen atoms in total. The molecule has 0 radical (unpaired) electrons. The molecular formula is C14H23N3O3S. The lowest BCUT2D eigenvalue weighted by atomic mass is 10.1. The van der Waals surface area contributed by atoms with E-state index < -0.39 is 22.0 Å². The molecule has 0 bridgehead atoms. The highest BCUT2D eigenvalue weighted by Gasteiger charge is 2.26. The van der Waals surface area contributed by atoms with E-state index in [0.29, 0.717) is 0 Å². The first-order valence-corrected chi connectivity index (χ1v) is 8.26. The summed E-state index contributed by atoms with van der Waals surface area (Å²) in [5, 5.41) is 3.08. The molecule has 0 fully saturated rings. The number of nitrogens with two attached hydrogens (primary N) is 1. The van der Waals surface area contributed by atoms with Crippen molar-refractivity contribution >= 4 is 15.9 Å². The molecule has 1 amide bonds. The van der Waals surface area contributed by atoms with Crippen LogP contribution in [0.25, 0.3) is 0 Å². The fourth-order valence-corrected chi connectivity index (χ4v) is 3.21. The number of amides is 1. The standard InChI is InChI=1S/C14H23N3O3S/c1-9(2)13(14(15)18)17-21(19,20)12-7-5-11(6-8-12)10(3)16-4/h5-10,13,16-17H,1-4H3,(H2,15,18). The lowest BCUT2D eigenvalue weighted by molar-refractivity contribution is -0.120. The molecule has 0 spiro atoms. The van der Waals surface area contributed by atoms with E-state index in [1.54, 1.807) is 26.0 Å². The topological polar surface area (TPSA) is 101 Å². The molecule has 0 aliphatic rings. The Hall–Kier alpha value is -1.44. The van der Waals surface area contributed by atoms with Gasteiger partial charge in [-0.2, -0.15) is 4.72 Å². The third-order valence-electron chi connectivity index (χ3n) is 3.38. The molecule has 0 saturated carbocycles. The quantitative estimate of drug-likeness (QED) is 0.691. The van der Waals surface area contributed by atoms with Crippen LogP contribution >= 0.6 is 0 Å². The van der Waals surface area contributed by atoms with Crippen LogP contribution in [0.3, 0.4) is 0 Å². The maximum atomic E-state index is 12.3. The SMILES string of the molecule is CNC(C)c1ccc(S(=O)(=O)NC(C(N)=O)C(C)C)cc1. The van der Waals surface area contributed by atoms with Crippen molar-refractivity contribution in [2.24, 2.45) is 11.7 Å². The summed E-state index contributed by atoms with van der Waals surface area (Å²) in [5.74, 6) is -0.908. The zero-order valence-electron chi connectivity index (χ0n) is 12.8. The van der Waals surface area contributed by atoms with E-state index in [4.69, 9.17) is 5.73 Å². The van der Waals surface area contributed by atoms with Gasteiger partial charge in [0.15, 0.2) is 0 Å². The van der Waals surface area contributed by atoms with Crippen LogP contribution < -0.4 is 15.8 Å². The van der Waals surface area contributed by atoms with Gasteiger partial charge in [-0.1, -0.05) is 26.0 Å². The van der Waals surface area contributed by atoms with Crippen molar-refractivity contribution in [3.63, 3.8) is 0 Å². The number of hydrogen-bond donors (Lipinski definition) is 3. The molecule has 2 atom stereocenters. The highest BCUT2D eigenvalue weighted by atomic mass is 32.2. The lowest BCUT2D eigenvalue weighted by Crippen LogP contribution is -2.47. The van der Waals surface area contributed by atoms with Crippen LogP contribution in [0.2, 0.25) is 0 Å². The molecule has 2 unspecified atom stereocenters. The van der Waals surface area contributed by atoms with Crippen molar-refractivity contribution in [1.29, 1.82) is 0 Å². The van der Waals surface area contributed by atoms with Crippen molar-refractivity contribution in [2.45, 2.75) is 37.8 Å². The van der Waals surface area contributed by atoms with Crippen LogP contribution in [0.5, 0.6) is 0 Å². The second-order valence-electron chi connectivity index (χ2n) is 5.32. The summed E-state index contributed by atoms with van der Waals surface area (Å²) >= 11 is 0. The van der Waals surface area contributed by atoms with Crippen LogP contribution in [-0.4, -0.2) is 27.4 Å². The van der Waals surface area contributed by atoms with Crippen molar-refractivity contribution in [3.05, 3.63) is 29.8 Å². The Bertz CT molecular complexity index is 582. The summed E-state index contributed by atoms with van der Waals surface area (Å²) in [4.78, 5) is 11.4. The second-order valence-corrected chi connectivity index (χ2v) is 7.04. The van der Waals surface area contributed by atoms with Crippen molar-refractivity contribution in [3.8, 4) is 0 Å². The van der Waals surface area contributed by atoms with Gasteiger partial charge in [0.1, 0.15) is 6.04 Å². The molecule has 4 N–H and O–H groups in total. The van der Waals surface area contributed by atoms with E-state index in [9.17, 15) is 13.2 Å². The Balaban J connectivity index is 3.00. The smallest absolute Gasteiger partial charge is 0.241 e. The number of primary amides is 1. The second kappa shape index (κ2) is 7.02. The molecular weight excluding hydrogens is 290 g/mol.